The highest BCUT2D eigenvalue weighted by Gasteiger charge is 2.19. The average Bonchev–Trinajstić information content (AvgIpc) is 2.74. The Hall–Kier alpha value is -2.80. The van der Waals surface area contributed by atoms with Gasteiger partial charge in [0, 0.05) is 21.2 Å². The topological polar surface area (TPSA) is 0 Å². The second-order valence-corrected chi connectivity index (χ2v) is 7.62. The Labute approximate surface area is 174 Å². The van der Waals surface area contributed by atoms with Gasteiger partial charge in [-0.1, -0.05) is 108 Å². The van der Waals surface area contributed by atoms with Gasteiger partial charge in [0.25, 0.3) is 0 Å². The van der Waals surface area contributed by atoms with Crippen LogP contribution in [0.25, 0.3) is 43.8 Å². The van der Waals surface area contributed by atoms with Crippen LogP contribution in [0, 0.1) is 0 Å². The molecule has 0 aliphatic heterocycles. The maximum Gasteiger partial charge on any atom is 0.0484 e. The van der Waals surface area contributed by atoms with Crippen molar-refractivity contribution in [3.05, 3.63) is 107 Å². The van der Waals surface area contributed by atoms with Crippen molar-refractivity contribution in [1.29, 1.82) is 0 Å². The minimum atomic E-state index is 0.733. The molecule has 0 amide bonds. The second-order valence-electron chi connectivity index (χ2n) is 6.80. The van der Waals surface area contributed by atoms with Crippen molar-refractivity contribution in [3.8, 4) is 22.3 Å². The van der Waals surface area contributed by atoms with Crippen molar-refractivity contribution in [1.82, 2.24) is 0 Å². The van der Waals surface area contributed by atoms with E-state index in [1.54, 1.807) is 0 Å². The summed E-state index contributed by atoms with van der Waals surface area (Å²) in [6.45, 7) is 0. The molecule has 0 atom stereocenters. The second kappa shape index (κ2) is 6.98. The minimum absolute atomic E-state index is 0.733. The Balaban J connectivity index is 2.09. The van der Waals surface area contributed by atoms with E-state index >= 15 is 0 Å². The Morgan fingerprint density at radius 1 is 0.357 bits per heavy atom. The van der Waals surface area contributed by atoms with E-state index in [2.05, 4.69) is 60.7 Å². The molecular weight excluding hydrogens is 383 g/mol. The zero-order valence-corrected chi connectivity index (χ0v) is 16.5. The third-order valence-electron chi connectivity index (χ3n) is 5.22. The van der Waals surface area contributed by atoms with Crippen LogP contribution >= 0.6 is 23.2 Å². The monoisotopic (exact) mass is 398 g/mol. The summed E-state index contributed by atoms with van der Waals surface area (Å²) in [4.78, 5) is 0. The fraction of sp³-hybridized carbons (Fsp3) is 0. The minimum Gasteiger partial charge on any atom is -0.0837 e. The molecule has 0 radical (unpaired) electrons. The van der Waals surface area contributed by atoms with Crippen LogP contribution in [0.3, 0.4) is 0 Å². The molecule has 0 fully saturated rings. The molecule has 5 aromatic carbocycles. The van der Waals surface area contributed by atoms with Crippen LogP contribution in [0.1, 0.15) is 0 Å². The lowest BCUT2D eigenvalue weighted by atomic mass is 9.85. The molecule has 28 heavy (non-hydrogen) atoms. The van der Waals surface area contributed by atoms with Gasteiger partial charge in [-0.3, -0.25) is 0 Å². The molecule has 0 aliphatic rings. The van der Waals surface area contributed by atoms with Crippen LogP contribution in [0.2, 0.25) is 10.0 Å². The highest BCUT2D eigenvalue weighted by atomic mass is 35.5. The van der Waals surface area contributed by atoms with E-state index in [0.29, 0.717) is 0 Å². The third-order valence-corrected chi connectivity index (χ3v) is 5.88. The number of halogens is 2. The largest absolute Gasteiger partial charge is 0.0837 e. The predicted molar refractivity (Wildman–Crippen MR) is 122 cm³/mol. The van der Waals surface area contributed by atoms with E-state index in [1.165, 1.54) is 21.5 Å². The maximum atomic E-state index is 6.68. The Morgan fingerprint density at radius 2 is 0.679 bits per heavy atom. The highest BCUT2D eigenvalue weighted by Crippen LogP contribution is 2.47. The number of hydrogen-bond donors (Lipinski definition) is 0. The SMILES string of the molecule is Clc1ccccc1-c1c(-c2ccccc2Cl)c2ccccc2c2ccccc12. The molecule has 2 heteroatoms. The van der Waals surface area contributed by atoms with E-state index in [4.69, 9.17) is 23.2 Å². The molecular formula is C26H16Cl2. The zero-order valence-electron chi connectivity index (χ0n) is 15.0. The first kappa shape index (κ1) is 17.3. The standard InChI is InChI=1S/C26H16Cl2/c27-23-15-7-5-13-21(23)25-19-11-3-1-9-17(19)18-10-2-4-12-20(18)26(25)22-14-6-8-16-24(22)28/h1-16H. The summed E-state index contributed by atoms with van der Waals surface area (Å²) in [5.74, 6) is 0. The number of fused-ring (bicyclic) bond motifs is 3. The highest BCUT2D eigenvalue weighted by molar-refractivity contribution is 6.37. The van der Waals surface area contributed by atoms with Gasteiger partial charge >= 0.3 is 0 Å². The van der Waals surface area contributed by atoms with E-state index in [1.807, 2.05) is 36.4 Å². The van der Waals surface area contributed by atoms with Crippen molar-refractivity contribution in [2.45, 2.75) is 0 Å². The molecule has 0 aliphatic carbocycles. The summed E-state index contributed by atoms with van der Waals surface area (Å²) < 4.78 is 0. The van der Waals surface area contributed by atoms with Crippen LogP contribution < -0.4 is 0 Å². The van der Waals surface area contributed by atoms with Gasteiger partial charge in [-0.05, 0) is 44.8 Å². The van der Waals surface area contributed by atoms with Gasteiger partial charge in [0.1, 0.15) is 0 Å². The van der Waals surface area contributed by atoms with Crippen LogP contribution in [0.4, 0.5) is 0 Å². The summed E-state index contributed by atoms with van der Waals surface area (Å²) in [5.41, 5.74) is 4.27. The Morgan fingerprint density at radius 3 is 1.07 bits per heavy atom. The fourth-order valence-corrected chi connectivity index (χ4v) is 4.49. The van der Waals surface area contributed by atoms with Gasteiger partial charge < -0.3 is 0 Å². The molecule has 0 spiro atoms. The molecule has 5 aromatic rings. The van der Waals surface area contributed by atoms with Gasteiger partial charge in [-0.15, -0.1) is 0 Å². The quantitative estimate of drug-likeness (QED) is 0.261. The zero-order chi connectivity index (χ0) is 19.1. The van der Waals surface area contributed by atoms with E-state index in [9.17, 15) is 0 Å². The molecule has 0 unspecified atom stereocenters. The van der Waals surface area contributed by atoms with Crippen molar-refractivity contribution in [2.24, 2.45) is 0 Å². The van der Waals surface area contributed by atoms with Crippen LogP contribution in [-0.4, -0.2) is 0 Å². The Kier molecular flexibility index (Phi) is 4.31. The summed E-state index contributed by atoms with van der Waals surface area (Å²) >= 11 is 13.4. The number of hydrogen-bond acceptors (Lipinski definition) is 0. The predicted octanol–water partition coefficient (Wildman–Crippen LogP) is 8.63. The lowest BCUT2D eigenvalue weighted by Gasteiger charge is -2.19. The number of benzene rings is 5. The van der Waals surface area contributed by atoms with Gasteiger partial charge in [0.15, 0.2) is 0 Å². The van der Waals surface area contributed by atoms with E-state index in [0.717, 1.165) is 32.3 Å². The Bertz CT molecular complexity index is 1230. The average molecular weight is 399 g/mol. The molecule has 0 saturated carbocycles. The first-order chi connectivity index (χ1) is 13.8. The summed E-state index contributed by atoms with van der Waals surface area (Å²) in [6.07, 6.45) is 0. The first-order valence-corrected chi connectivity index (χ1v) is 9.94. The van der Waals surface area contributed by atoms with Crippen LogP contribution in [0.5, 0.6) is 0 Å². The van der Waals surface area contributed by atoms with Crippen molar-refractivity contribution >= 4 is 44.7 Å². The van der Waals surface area contributed by atoms with Crippen molar-refractivity contribution in [3.63, 3.8) is 0 Å². The third kappa shape index (κ3) is 2.69. The van der Waals surface area contributed by atoms with Gasteiger partial charge in [-0.2, -0.15) is 0 Å². The molecule has 0 bridgehead atoms. The molecule has 0 nitrogen and oxygen atoms in total. The number of rotatable bonds is 2. The van der Waals surface area contributed by atoms with Crippen molar-refractivity contribution in [2.75, 3.05) is 0 Å². The molecule has 0 saturated heterocycles. The van der Waals surface area contributed by atoms with Gasteiger partial charge in [-0.25, -0.2) is 0 Å². The van der Waals surface area contributed by atoms with E-state index in [-0.39, 0.29) is 0 Å². The molecule has 0 N–H and O–H groups in total. The van der Waals surface area contributed by atoms with Gasteiger partial charge in [0.05, 0.1) is 0 Å². The lowest BCUT2D eigenvalue weighted by molar-refractivity contribution is 1.62. The smallest absolute Gasteiger partial charge is 0.0484 e. The van der Waals surface area contributed by atoms with Crippen LogP contribution in [0.15, 0.2) is 97.1 Å². The molecule has 0 aromatic heterocycles. The first-order valence-electron chi connectivity index (χ1n) is 9.19. The summed E-state index contributed by atoms with van der Waals surface area (Å²) in [5, 5.41) is 6.23. The van der Waals surface area contributed by atoms with Crippen molar-refractivity contribution < 1.29 is 0 Å². The van der Waals surface area contributed by atoms with Gasteiger partial charge in [0.2, 0.25) is 0 Å². The molecule has 134 valence electrons. The summed E-state index contributed by atoms with van der Waals surface area (Å²) in [6, 6.07) is 33.0. The lowest BCUT2D eigenvalue weighted by Crippen LogP contribution is -1.92. The molecule has 0 heterocycles. The fourth-order valence-electron chi connectivity index (χ4n) is 4.03. The van der Waals surface area contributed by atoms with E-state index < -0.39 is 0 Å². The summed E-state index contributed by atoms with van der Waals surface area (Å²) in [7, 11) is 0. The maximum absolute atomic E-state index is 6.68. The molecule has 5 rings (SSSR count). The normalized spacial score (nSPS) is 11.2. The van der Waals surface area contributed by atoms with Crippen LogP contribution in [-0.2, 0) is 0 Å².